The van der Waals surface area contributed by atoms with Gasteiger partial charge < -0.3 is 14.4 Å². The van der Waals surface area contributed by atoms with Crippen LogP contribution in [0, 0.1) is 0 Å². The van der Waals surface area contributed by atoms with Crippen molar-refractivity contribution >= 4 is 17.7 Å². The summed E-state index contributed by atoms with van der Waals surface area (Å²) in [6.07, 6.45) is -0.574. The van der Waals surface area contributed by atoms with Crippen LogP contribution in [0.25, 0.3) is 0 Å². The number of carbonyl (C=O) groups is 1. The van der Waals surface area contributed by atoms with Crippen molar-refractivity contribution in [2.45, 2.75) is 11.5 Å². The van der Waals surface area contributed by atoms with Crippen LogP contribution in [-0.2, 0) is 4.79 Å². The molecule has 0 saturated carbocycles. The highest BCUT2D eigenvalue weighted by atomic mass is 32.2. The molecular formula is C18H17NO3S. The van der Waals surface area contributed by atoms with Gasteiger partial charge in [0.2, 0.25) is 6.10 Å². The number of hydrogen-bond donors (Lipinski definition) is 0. The summed E-state index contributed by atoms with van der Waals surface area (Å²) in [4.78, 5) is 14.8. The number of rotatable bonds is 2. The maximum atomic E-state index is 12.9. The van der Waals surface area contributed by atoms with Gasteiger partial charge in [0.15, 0.2) is 11.5 Å². The summed E-state index contributed by atoms with van der Waals surface area (Å²) < 4.78 is 11.5. The molecular weight excluding hydrogens is 310 g/mol. The molecule has 0 spiro atoms. The first-order chi connectivity index (χ1) is 11.3. The normalized spacial score (nSPS) is 22.9. The molecule has 2 heterocycles. The molecule has 0 aromatic heterocycles. The van der Waals surface area contributed by atoms with Gasteiger partial charge in [0.05, 0.1) is 0 Å². The molecule has 1 saturated heterocycles. The van der Waals surface area contributed by atoms with E-state index in [4.69, 9.17) is 9.47 Å². The van der Waals surface area contributed by atoms with E-state index in [-0.39, 0.29) is 17.9 Å². The predicted octanol–water partition coefficient (Wildman–Crippen LogP) is 3.10. The average Bonchev–Trinajstić information content (AvgIpc) is 3.11. The van der Waals surface area contributed by atoms with Crippen molar-refractivity contribution in [1.82, 2.24) is 4.90 Å². The van der Waals surface area contributed by atoms with E-state index in [1.54, 1.807) is 11.8 Å². The number of ether oxygens (including phenoxy) is 2. The van der Waals surface area contributed by atoms with E-state index in [0.29, 0.717) is 11.5 Å². The van der Waals surface area contributed by atoms with E-state index in [1.165, 1.54) is 0 Å². The van der Waals surface area contributed by atoms with E-state index in [1.807, 2.05) is 47.4 Å². The van der Waals surface area contributed by atoms with Crippen LogP contribution in [0.2, 0.25) is 0 Å². The Morgan fingerprint density at radius 1 is 1.04 bits per heavy atom. The lowest BCUT2D eigenvalue weighted by Gasteiger charge is -2.31. The summed E-state index contributed by atoms with van der Waals surface area (Å²) in [5.41, 5.74) is 1.15. The van der Waals surface area contributed by atoms with Crippen LogP contribution < -0.4 is 9.47 Å². The largest absolute Gasteiger partial charge is 0.485 e. The second-order valence-electron chi connectivity index (χ2n) is 5.53. The molecule has 0 aliphatic carbocycles. The Morgan fingerprint density at radius 3 is 2.61 bits per heavy atom. The molecule has 2 atom stereocenters. The SMILES string of the molecule is O=C(C1COc2ccccc2O1)N1CCSC1c1ccccc1. The van der Waals surface area contributed by atoms with E-state index in [9.17, 15) is 4.79 Å². The van der Waals surface area contributed by atoms with Crippen molar-refractivity contribution in [3.05, 3.63) is 60.2 Å². The predicted molar refractivity (Wildman–Crippen MR) is 89.7 cm³/mol. The molecule has 0 bridgehead atoms. The maximum absolute atomic E-state index is 12.9. The second kappa shape index (κ2) is 6.16. The number of fused-ring (bicyclic) bond motifs is 1. The Morgan fingerprint density at radius 2 is 1.78 bits per heavy atom. The number of carbonyl (C=O) groups excluding carboxylic acids is 1. The highest BCUT2D eigenvalue weighted by molar-refractivity contribution is 7.99. The van der Waals surface area contributed by atoms with Gasteiger partial charge in [-0.25, -0.2) is 0 Å². The summed E-state index contributed by atoms with van der Waals surface area (Å²) in [5.74, 6) is 2.28. The van der Waals surface area contributed by atoms with Gasteiger partial charge in [0.25, 0.3) is 5.91 Å². The molecule has 0 N–H and O–H groups in total. The third-order valence-electron chi connectivity index (χ3n) is 4.04. The number of hydrogen-bond acceptors (Lipinski definition) is 4. The first kappa shape index (κ1) is 14.5. The fourth-order valence-corrected chi connectivity index (χ4v) is 4.18. The van der Waals surface area contributed by atoms with Gasteiger partial charge in [-0.3, -0.25) is 4.79 Å². The minimum atomic E-state index is -0.574. The lowest BCUT2D eigenvalue weighted by molar-refractivity contribution is -0.141. The number of nitrogens with zero attached hydrogens (tertiary/aromatic N) is 1. The fraction of sp³-hybridized carbons (Fsp3) is 0.278. The third kappa shape index (κ3) is 2.77. The lowest BCUT2D eigenvalue weighted by Crippen LogP contribution is -2.46. The monoisotopic (exact) mass is 327 g/mol. The van der Waals surface area contributed by atoms with Gasteiger partial charge in [0.1, 0.15) is 12.0 Å². The fourth-order valence-electron chi connectivity index (χ4n) is 2.92. The minimum absolute atomic E-state index is 0.00152. The molecule has 1 fully saturated rings. The topological polar surface area (TPSA) is 38.8 Å². The smallest absolute Gasteiger partial charge is 0.268 e. The van der Waals surface area contributed by atoms with Gasteiger partial charge in [-0.2, -0.15) is 0 Å². The number of benzene rings is 2. The van der Waals surface area contributed by atoms with Gasteiger partial charge in [0, 0.05) is 12.3 Å². The highest BCUT2D eigenvalue weighted by Gasteiger charge is 2.37. The zero-order valence-corrected chi connectivity index (χ0v) is 13.4. The Balaban J connectivity index is 1.53. The van der Waals surface area contributed by atoms with Crippen molar-refractivity contribution < 1.29 is 14.3 Å². The van der Waals surface area contributed by atoms with Gasteiger partial charge in [-0.15, -0.1) is 11.8 Å². The third-order valence-corrected chi connectivity index (χ3v) is 5.30. The summed E-state index contributed by atoms with van der Waals surface area (Å²) in [6, 6.07) is 17.6. The lowest BCUT2D eigenvalue weighted by atomic mass is 10.2. The van der Waals surface area contributed by atoms with Crippen LogP contribution >= 0.6 is 11.8 Å². The molecule has 2 aliphatic rings. The van der Waals surface area contributed by atoms with Crippen molar-refractivity contribution in [3.8, 4) is 11.5 Å². The molecule has 0 radical (unpaired) electrons. The van der Waals surface area contributed by atoms with Crippen molar-refractivity contribution in [2.75, 3.05) is 18.9 Å². The van der Waals surface area contributed by atoms with Crippen molar-refractivity contribution in [3.63, 3.8) is 0 Å². The quantitative estimate of drug-likeness (QED) is 0.850. The number of para-hydroxylation sites is 2. The van der Waals surface area contributed by atoms with E-state index < -0.39 is 6.10 Å². The molecule has 2 aliphatic heterocycles. The number of thioether (sulfide) groups is 1. The Bertz CT molecular complexity index is 706. The van der Waals surface area contributed by atoms with Crippen LogP contribution in [0.1, 0.15) is 10.9 Å². The van der Waals surface area contributed by atoms with Crippen molar-refractivity contribution in [2.24, 2.45) is 0 Å². The standard InChI is InChI=1S/C18H17NO3S/c20-17(16-12-21-14-8-4-5-9-15(14)22-16)19-10-11-23-18(19)13-6-2-1-3-7-13/h1-9,16,18H,10-12H2. The summed E-state index contributed by atoms with van der Waals surface area (Å²) in [6.45, 7) is 1.00. The molecule has 1 amide bonds. The first-order valence-corrected chi connectivity index (χ1v) is 8.73. The molecule has 4 nitrogen and oxygen atoms in total. The molecule has 23 heavy (non-hydrogen) atoms. The molecule has 4 rings (SSSR count). The second-order valence-corrected chi connectivity index (χ2v) is 6.72. The van der Waals surface area contributed by atoms with Crippen LogP contribution in [-0.4, -0.2) is 35.8 Å². The summed E-state index contributed by atoms with van der Waals surface area (Å²) >= 11 is 1.79. The molecule has 2 aromatic rings. The summed E-state index contributed by atoms with van der Waals surface area (Å²) in [5, 5.41) is 0.0597. The highest BCUT2D eigenvalue weighted by Crippen LogP contribution is 2.39. The Kier molecular flexibility index (Phi) is 3.87. The minimum Gasteiger partial charge on any atom is -0.485 e. The zero-order valence-electron chi connectivity index (χ0n) is 12.6. The Labute approximate surface area is 139 Å². The van der Waals surface area contributed by atoms with Crippen LogP contribution in [0.4, 0.5) is 0 Å². The first-order valence-electron chi connectivity index (χ1n) is 7.68. The maximum Gasteiger partial charge on any atom is 0.268 e. The molecule has 2 unspecified atom stereocenters. The average molecular weight is 327 g/mol. The summed E-state index contributed by atoms with van der Waals surface area (Å²) in [7, 11) is 0. The van der Waals surface area contributed by atoms with E-state index >= 15 is 0 Å². The zero-order chi connectivity index (χ0) is 15.6. The molecule has 118 valence electrons. The Hall–Kier alpha value is -2.14. The molecule has 5 heteroatoms. The van der Waals surface area contributed by atoms with Crippen LogP contribution in [0.3, 0.4) is 0 Å². The van der Waals surface area contributed by atoms with Crippen LogP contribution in [0.5, 0.6) is 11.5 Å². The van der Waals surface area contributed by atoms with Gasteiger partial charge in [-0.1, -0.05) is 42.5 Å². The van der Waals surface area contributed by atoms with Crippen LogP contribution in [0.15, 0.2) is 54.6 Å². The van der Waals surface area contributed by atoms with Gasteiger partial charge >= 0.3 is 0 Å². The van der Waals surface area contributed by atoms with E-state index in [0.717, 1.165) is 17.9 Å². The van der Waals surface area contributed by atoms with E-state index in [2.05, 4.69) is 12.1 Å². The molecule has 2 aromatic carbocycles. The number of amides is 1. The van der Waals surface area contributed by atoms with Crippen molar-refractivity contribution in [1.29, 1.82) is 0 Å². The van der Waals surface area contributed by atoms with Gasteiger partial charge in [-0.05, 0) is 17.7 Å².